The molecule has 2 N–H and O–H groups in total. The molecule has 0 aliphatic heterocycles. The smallest absolute Gasteiger partial charge is 0.282 e. The average molecular weight is 227 g/mol. The molecular weight excluding hydrogens is 212 g/mol. The quantitative estimate of drug-likeness (QED) is 0.778. The van der Waals surface area contributed by atoms with E-state index in [1.54, 1.807) is 0 Å². The molecule has 0 spiro atoms. The van der Waals surface area contributed by atoms with Crippen molar-refractivity contribution in [3.8, 4) is 0 Å². The summed E-state index contributed by atoms with van der Waals surface area (Å²) in [6.45, 7) is 2.39. The monoisotopic (exact) mass is 227 g/mol. The maximum atomic E-state index is 12.7. The summed E-state index contributed by atoms with van der Waals surface area (Å²) >= 11 is 0. The molecule has 0 unspecified atom stereocenters. The Bertz CT molecular complexity index is 338. The second kappa shape index (κ2) is 5.72. The third-order valence-corrected chi connectivity index (χ3v) is 2.14. The SMILES string of the molecule is C=C(CNCC(F)(F)CO)c1ccccc1. The molecule has 0 aliphatic carbocycles. The van der Waals surface area contributed by atoms with Gasteiger partial charge < -0.3 is 10.4 Å². The molecule has 0 heterocycles. The van der Waals surface area contributed by atoms with Gasteiger partial charge in [-0.25, -0.2) is 8.78 Å². The molecule has 1 rings (SSSR count). The number of aliphatic hydroxyl groups is 1. The number of hydrogen-bond acceptors (Lipinski definition) is 2. The Morgan fingerprint density at radius 2 is 1.94 bits per heavy atom. The second-order valence-electron chi connectivity index (χ2n) is 3.59. The van der Waals surface area contributed by atoms with Crippen LogP contribution in [0.1, 0.15) is 5.56 Å². The molecule has 0 saturated heterocycles. The number of aliphatic hydroxyl groups excluding tert-OH is 1. The zero-order chi connectivity index (χ0) is 12.0. The molecule has 0 fully saturated rings. The molecule has 0 radical (unpaired) electrons. The maximum Gasteiger partial charge on any atom is 0.282 e. The van der Waals surface area contributed by atoms with Crippen molar-refractivity contribution >= 4 is 5.57 Å². The summed E-state index contributed by atoms with van der Waals surface area (Å²) in [5.41, 5.74) is 1.66. The lowest BCUT2D eigenvalue weighted by Gasteiger charge is -2.14. The van der Waals surface area contributed by atoms with E-state index < -0.39 is 19.1 Å². The fourth-order valence-corrected chi connectivity index (χ4v) is 1.23. The van der Waals surface area contributed by atoms with E-state index in [0.717, 1.165) is 11.1 Å². The number of hydrogen-bond donors (Lipinski definition) is 2. The van der Waals surface area contributed by atoms with E-state index in [2.05, 4.69) is 11.9 Å². The number of nitrogens with one attached hydrogen (secondary N) is 1. The Hall–Kier alpha value is -1.26. The minimum atomic E-state index is -3.07. The summed E-state index contributed by atoms with van der Waals surface area (Å²) in [5.74, 6) is -3.07. The van der Waals surface area contributed by atoms with Crippen LogP contribution in [-0.4, -0.2) is 30.7 Å². The van der Waals surface area contributed by atoms with Crippen LogP contribution >= 0.6 is 0 Å². The summed E-state index contributed by atoms with van der Waals surface area (Å²) < 4.78 is 25.3. The summed E-state index contributed by atoms with van der Waals surface area (Å²) in [4.78, 5) is 0. The van der Waals surface area contributed by atoms with Crippen molar-refractivity contribution in [2.45, 2.75) is 5.92 Å². The van der Waals surface area contributed by atoms with Crippen LogP contribution in [0.25, 0.3) is 5.57 Å². The highest BCUT2D eigenvalue weighted by Crippen LogP contribution is 2.12. The zero-order valence-electron chi connectivity index (χ0n) is 8.92. The maximum absolute atomic E-state index is 12.7. The van der Waals surface area contributed by atoms with Crippen LogP contribution < -0.4 is 5.32 Å². The van der Waals surface area contributed by atoms with Crippen molar-refractivity contribution in [3.63, 3.8) is 0 Å². The fraction of sp³-hybridized carbons (Fsp3) is 0.333. The van der Waals surface area contributed by atoms with Gasteiger partial charge in [0, 0.05) is 6.54 Å². The first-order chi connectivity index (χ1) is 7.55. The zero-order valence-corrected chi connectivity index (χ0v) is 8.92. The number of benzene rings is 1. The van der Waals surface area contributed by atoms with Gasteiger partial charge in [0.2, 0.25) is 0 Å². The van der Waals surface area contributed by atoms with Crippen molar-refractivity contribution in [3.05, 3.63) is 42.5 Å². The summed E-state index contributed by atoms with van der Waals surface area (Å²) in [6.07, 6.45) is 0. The summed E-state index contributed by atoms with van der Waals surface area (Å²) in [5, 5.41) is 10.9. The Balaban J connectivity index is 2.37. The predicted octanol–water partition coefficient (Wildman–Crippen LogP) is 1.92. The lowest BCUT2D eigenvalue weighted by atomic mass is 10.1. The first-order valence-electron chi connectivity index (χ1n) is 4.98. The normalized spacial score (nSPS) is 11.4. The minimum absolute atomic E-state index is 0.277. The first kappa shape index (κ1) is 12.8. The van der Waals surface area contributed by atoms with E-state index in [-0.39, 0.29) is 6.54 Å². The van der Waals surface area contributed by atoms with E-state index in [4.69, 9.17) is 5.11 Å². The molecule has 0 amide bonds. The highest BCUT2D eigenvalue weighted by molar-refractivity contribution is 5.64. The third kappa shape index (κ3) is 4.08. The van der Waals surface area contributed by atoms with Crippen molar-refractivity contribution in [2.24, 2.45) is 0 Å². The Morgan fingerprint density at radius 3 is 2.50 bits per heavy atom. The molecule has 2 nitrogen and oxygen atoms in total. The molecule has 0 aromatic heterocycles. The molecule has 0 bridgehead atoms. The van der Waals surface area contributed by atoms with Gasteiger partial charge in [-0.15, -0.1) is 0 Å². The largest absolute Gasteiger partial charge is 0.390 e. The molecular formula is C12H15F2NO. The topological polar surface area (TPSA) is 32.3 Å². The van der Waals surface area contributed by atoms with Gasteiger partial charge in [-0.3, -0.25) is 0 Å². The Labute approximate surface area is 93.6 Å². The molecule has 1 aromatic carbocycles. The molecule has 0 saturated carbocycles. The van der Waals surface area contributed by atoms with E-state index >= 15 is 0 Å². The molecule has 1 aromatic rings. The van der Waals surface area contributed by atoms with Gasteiger partial charge in [-0.05, 0) is 11.1 Å². The van der Waals surface area contributed by atoms with Crippen molar-refractivity contribution in [1.29, 1.82) is 0 Å². The average Bonchev–Trinajstić information content (AvgIpc) is 2.30. The van der Waals surface area contributed by atoms with Crippen LogP contribution in [0.15, 0.2) is 36.9 Å². The fourth-order valence-electron chi connectivity index (χ4n) is 1.23. The second-order valence-corrected chi connectivity index (χ2v) is 3.59. The van der Waals surface area contributed by atoms with Crippen LogP contribution in [0.2, 0.25) is 0 Å². The minimum Gasteiger partial charge on any atom is -0.390 e. The number of halogens is 2. The van der Waals surface area contributed by atoms with Gasteiger partial charge in [-0.2, -0.15) is 0 Å². The van der Waals surface area contributed by atoms with Crippen molar-refractivity contribution < 1.29 is 13.9 Å². The van der Waals surface area contributed by atoms with E-state index in [1.165, 1.54) is 0 Å². The highest BCUT2D eigenvalue weighted by atomic mass is 19.3. The van der Waals surface area contributed by atoms with E-state index in [0.29, 0.717) is 0 Å². The Kier molecular flexibility index (Phi) is 4.58. The summed E-state index contributed by atoms with van der Waals surface area (Å²) in [7, 11) is 0. The predicted molar refractivity (Wildman–Crippen MR) is 60.4 cm³/mol. The van der Waals surface area contributed by atoms with Crippen LogP contribution in [0, 0.1) is 0 Å². The van der Waals surface area contributed by atoms with Gasteiger partial charge in [0.1, 0.15) is 6.61 Å². The van der Waals surface area contributed by atoms with E-state index in [1.807, 2.05) is 30.3 Å². The molecule has 88 valence electrons. The van der Waals surface area contributed by atoms with Crippen molar-refractivity contribution in [2.75, 3.05) is 19.7 Å². The lowest BCUT2D eigenvalue weighted by molar-refractivity contribution is -0.0467. The van der Waals surface area contributed by atoms with Gasteiger partial charge in [0.25, 0.3) is 5.92 Å². The molecule has 4 heteroatoms. The van der Waals surface area contributed by atoms with Crippen molar-refractivity contribution in [1.82, 2.24) is 5.32 Å². The number of alkyl halides is 2. The van der Waals surface area contributed by atoms with E-state index in [9.17, 15) is 8.78 Å². The first-order valence-corrected chi connectivity index (χ1v) is 4.98. The van der Waals surface area contributed by atoms with Gasteiger partial charge in [-0.1, -0.05) is 36.9 Å². The van der Waals surface area contributed by atoms with Gasteiger partial charge >= 0.3 is 0 Å². The van der Waals surface area contributed by atoms with Crippen LogP contribution in [0.5, 0.6) is 0 Å². The highest BCUT2D eigenvalue weighted by Gasteiger charge is 2.26. The third-order valence-electron chi connectivity index (χ3n) is 2.14. The van der Waals surface area contributed by atoms with Crippen LogP contribution in [-0.2, 0) is 0 Å². The summed E-state index contributed by atoms with van der Waals surface area (Å²) in [6, 6.07) is 9.35. The van der Waals surface area contributed by atoms with Crippen LogP contribution in [0.4, 0.5) is 8.78 Å². The lowest BCUT2D eigenvalue weighted by Crippen LogP contribution is -2.36. The molecule has 0 atom stereocenters. The molecule has 16 heavy (non-hydrogen) atoms. The Morgan fingerprint density at radius 1 is 1.31 bits per heavy atom. The van der Waals surface area contributed by atoms with Gasteiger partial charge in [0.05, 0.1) is 6.54 Å². The standard InChI is InChI=1S/C12H15F2NO/c1-10(11-5-3-2-4-6-11)7-15-8-12(13,14)9-16/h2-6,15-16H,1,7-9H2. The van der Waals surface area contributed by atoms with Crippen LogP contribution in [0.3, 0.4) is 0 Å². The van der Waals surface area contributed by atoms with Gasteiger partial charge in [0.15, 0.2) is 0 Å². The number of rotatable bonds is 6. The molecule has 0 aliphatic rings.